The molecule has 1 spiro atoms. The molecule has 0 aromatic heterocycles. The van der Waals surface area contributed by atoms with Crippen molar-refractivity contribution in [2.75, 3.05) is 13.2 Å². The number of rotatable bonds is 5. The number of nitrogens with one attached hydrogen (secondary N) is 2. The molecule has 3 N–H and O–H groups in total. The molecule has 1 aromatic carbocycles. The lowest BCUT2D eigenvalue weighted by Crippen LogP contribution is -2.48. The fourth-order valence-corrected chi connectivity index (χ4v) is 7.52. The summed E-state index contributed by atoms with van der Waals surface area (Å²) in [6.07, 6.45) is -6.19. The molecular weight excluding hydrogens is 490 g/mol. The number of fused-ring (bicyclic) bond motifs is 1. The summed E-state index contributed by atoms with van der Waals surface area (Å²) < 4.78 is 84.8. The van der Waals surface area contributed by atoms with Gasteiger partial charge >= 0.3 is 12.4 Å². The maximum Gasteiger partial charge on any atom is 0.416 e. The van der Waals surface area contributed by atoms with Gasteiger partial charge in [-0.05, 0) is 68.2 Å². The van der Waals surface area contributed by atoms with Gasteiger partial charge in [-0.25, -0.2) is 0 Å². The van der Waals surface area contributed by atoms with E-state index < -0.39 is 52.4 Å². The Bertz CT molecular complexity index is 1010. The van der Waals surface area contributed by atoms with E-state index in [1.807, 2.05) is 0 Å². The van der Waals surface area contributed by atoms with Crippen LogP contribution >= 0.6 is 0 Å². The monoisotopic (exact) mass is 520 g/mol. The van der Waals surface area contributed by atoms with Gasteiger partial charge in [0.05, 0.1) is 28.7 Å². The van der Waals surface area contributed by atoms with Crippen LogP contribution in [-0.2, 0) is 28.4 Å². The highest BCUT2D eigenvalue weighted by Gasteiger charge is 2.93. The quantitative estimate of drug-likeness (QED) is 0.503. The summed E-state index contributed by atoms with van der Waals surface area (Å²) in [6, 6.07) is 1.52. The van der Waals surface area contributed by atoms with Crippen molar-refractivity contribution in [1.29, 1.82) is 0 Å². The molecule has 0 radical (unpaired) electrons. The Kier molecular flexibility index (Phi) is 5.96. The first-order valence-corrected chi connectivity index (χ1v) is 12.4. The summed E-state index contributed by atoms with van der Waals surface area (Å²) >= 11 is 0. The third-order valence-corrected chi connectivity index (χ3v) is 9.12. The van der Waals surface area contributed by atoms with Crippen molar-refractivity contribution in [2.24, 2.45) is 16.7 Å². The number of aliphatic hydroxyl groups is 1. The topological polar surface area (TPSA) is 70.6 Å². The lowest BCUT2D eigenvalue weighted by Gasteiger charge is -2.34. The predicted octanol–water partition coefficient (Wildman–Crippen LogP) is 4.42. The van der Waals surface area contributed by atoms with Crippen molar-refractivity contribution in [2.45, 2.75) is 82.0 Å². The zero-order valence-electron chi connectivity index (χ0n) is 19.9. The molecule has 1 amide bonds. The van der Waals surface area contributed by atoms with Crippen LogP contribution in [0.2, 0.25) is 0 Å². The number of halogens is 6. The molecule has 11 heteroatoms. The van der Waals surface area contributed by atoms with Crippen molar-refractivity contribution in [3.8, 4) is 0 Å². The van der Waals surface area contributed by atoms with Gasteiger partial charge in [-0.15, -0.1) is 0 Å². The van der Waals surface area contributed by atoms with Crippen molar-refractivity contribution in [3.05, 3.63) is 34.9 Å². The summed E-state index contributed by atoms with van der Waals surface area (Å²) in [4.78, 5) is 13.5. The number of ether oxygens (including phenoxy) is 1. The third-order valence-electron chi connectivity index (χ3n) is 9.12. The molecule has 1 saturated heterocycles. The first-order valence-electron chi connectivity index (χ1n) is 12.4. The van der Waals surface area contributed by atoms with Gasteiger partial charge in [0, 0.05) is 30.7 Å². The Balaban J connectivity index is 1.34. The molecule has 4 aliphatic rings. The molecule has 1 aliphatic heterocycles. The van der Waals surface area contributed by atoms with E-state index in [4.69, 9.17) is 4.74 Å². The number of hydrogen-bond acceptors (Lipinski definition) is 4. The Hall–Kier alpha value is -1.85. The molecule has 1 heterocycles. The van der Waals surface area contributed by atoms with Crippen molar-refractivity contribution in [1.82, 2.24) is 10.6 Å². The smallest absolute Gasteiger partial charge is 0.388 e. The lowest BCUT2D eigenvalue weighted by atomic mass is 9.88. The Labute approximate surface area is 205 Å². The summed E-state index contributed by atoms with van der Waals surface area (Å²) in [5, 5.41) is 17.6. The van der Waals surface area contributed by atoms with Gasteiger partial charge in [-0.1, -0.05) is 6.92 Å². The van der Waals surface area contributed by atoms with Crippen LogP contribution in [0, 0.1) is 16.7 Å². The normalized spacial score (nSPS) is 37.9. The first-order chi connectivity index (χ1) is 16.7. The van der Waals surface area contributed by atoms with Crippen LogP contribution in [0.5, 0.6) is 0 Å². The number of hydrogen-bond donors (Lipinski definition) is 3. The predicted molar refractivity (Wildman–Crippen MR) is 117 cm³/mol. The van der Waals surface area contributed by atoms with E-state index in [9.17, 15) is 36.2 Å². The summed E-state index contributed by atoms with van der Waals surface area (Å²) in [5.41, 5.74) is -6.02. The number of amides is 1. The van der Waals surface area contributed by atoms with Gasteiger partial charge in [0.1, 0.15) is 0 Å². The second kappa shape index (κ2) is 8.33. The fraction of sp³-hybridized carbons (Fsp3) is 0.720. The van der Waals surface area contributed by atoms with E-state index in [2.05, 4.69) is 17.6 Å². The Morgan fingerprint density at radius 3 is 2.36 bits per heavy atom. The van der Waals surface area contributed by atoms with E-state index >= 15 is 0 Å². The zero-order chi connectivity index (χ0) is 26.1. The molecule has 5 rings (SSSR count). The minimum Gasteiger partial charge on any atom is -0.388 e. The number of benzene rings is 1. The Morgan fingerprint density at radius 1 is 1.08 bits per heavy atom. The van der Waals surface area contributed by atoms with Crippen LogP contribution in [0.15, 0.2) is 18.2 Å². The molecule has 3 saturated carbocycles. The van der Waals surface area contributed by atoms with E-state index in [0.29, 0.717) is 56.9 Å². The van der Waals surface area contributed by atoms with Gasteiger partial charge in [-0.2, -0.15) is 26.3 Å². The molecule has 1 aromatic rings. The molecule has 36 heavy (non-hydrogen) atoms. The molecule has 0 bridgehead atoms. The SMILES string of the molecule is CC1COCCC1N[C@@H]1CC23CCCC2(O)[C@@]3(C(=O)NCc2cc(C(F)(F)F)cc(C(F)(F)F)c2)C1. The first kappa shape index (κ1) is 25.8. The highest BCUT2D eigenvalue weighted by molar-refractivity contribution is 5.91. The minimum absolute atomic E-state index is 0.00920. The van der Waals surface area contributed by atoms with Gasteiger partial charge in [0.15, 0.2) is 0 Å². The van der Waals surface area contributed by atoms with Crippen LogP contribution in [0.3, 0.4) is 0 Å². The summed E-state index contributed by atoms with van der Waals surface area (Å²) in [7, 11) is 0. The van der Waals surface area contributed by atoms with Crippen LogP contribution in [0.1, 0.15) is 62.1 Å². The number of carbonyl (C=O) groups excluding carboxylic acids is 1. The van der Waals surface area contributed by atoms with E-state index in [-0.39, 0.29) is 23.7 Å². The summed E-state index contributed by atoms with van der Waals surface area (Å²) in [6.45, 7) is 2.88. The van der Waals surface area contributed by atoms with Gasteiger partial charge in [-0.3, -0.25) is 4.79 Å². The standard InChI is InChI=1S/C25H30F6N2O3/c1-14-13-36-6-3-19(14)33-18-10-21-4-2-5-23(21,35)22(21,11-18)20(34)32-12-15-7-16(24(26,27)28)9-17(8-15)25(29,30)31/h7-9,14,18-19,33,35H,2-6,10-13H2,1H3,(H,32,34)/t14?,18-,19?,21?,22-,23?/m1/s1. The highest BCUT2D eigenvalue weighted by Crippen LogP contribution is 2.86. The highest BCUT2D eigenvalue weighted by atomic mass is 19.4. The number of alkyl halides is 6. The molecular formula is C25H30F6N2O3. The van der Waals surface area contributed by atoms with Gasteiger partial charge in [0.2, 0.25) is 5.91 Å². The van der Waals surface area contributed by atoms with Gasteiger partial charge in [0.25, 0.3) is 0 Å². The van der Waals surface area contributed by atoms with Crippen molar-refractivity contribution in [3.63, 3.8) is 0 Å². The molecule has 6 atom stereocenters. The average molecular weight is 521 g/mol. The van der Waals surface area contributed by atoms with Crippen LogP contribution in [0.25, 0.3) is 0 Å². The number of carbonyl (C=O) groups is 1. The molecule has 4 unspecified atom stereocenters. The molecule has 4 fully saturated rings. The van der Waals surface area contributed by atoms with Crippen LogP contribution in [-0.4, -0.2) is 41.9 Å². The van der Waals surface area contributed by atoms with E-state index in [1.54, 1.807) is 0 Å². The third kappa shape index (κ3) is 3.75. The maximum absolute atomic E-state index is 13.5. The zero-order valence-corrected chi connectivity index (χ0v) is 19.9. The van der Waals surface area contributed by atoms with Crippen LogP contribution < -0.4 is 10.6 Å². The molecule has 5 nitrogen and oxygen atoms in total. The summed E-state index contributed by atoms with van der Waals surface area (Å²) in [5.74, 6) is -0.204. The van der Waals surface area contributed by atoms with Crippen molar-refractivity contribution >= 4 is 5.91 Å². The van der Waals surface area contributed by atoms with E-state index in [1.165, 1.54) is 0 Å². The van der Waals surface area contributed by atoms with Crippen LogP contribution in [0.4, 0.5) is 26.3 Å². The van der Waals surface area contributed by atoms with E-state index in [0.717, 1.165) is 12.8 Å². The second-order valence-corrected chi connectivity index (χ2v) is 11.0. The van der Waals surface area contributed by atoms with Crippen molar-refractivity contribution < 1.29 is 41.0 Å². The second-order valence-electron chi connectivity index (χ2n) is 11.0. The largest absolute Gasteiger partial charge is 0.416 e. The average Bonchev–Trinajstić information content (AvgIpc) is 3.09. The maximum atomic E-state index is 13.5. The van der Waals surface area contributed by atoms with Gasteiger partial charge < -0.3 is 20.5 Å². The lowest BCUT2D eigenvalue weighted by molar-refractivity contribution is -0.143. The minimum atomic E-state index is -4.96. The fourth-order valence-electron chi connectivity index (χ4n) is 7.52. The molecule has 200 valence electrons. The Morgan fingerprint density at radius 2 is 1.75 bits per heavy atom. The molecule has 3 aliphatic carbocycles.